The lowest BCUT2D eigenvalue weighted by Gasteiger charge is -2.20. The van der Waals surface area contributed by atoms with E-state index in [2.05, 4.69) is 5.32 Å². The van der Waals surface area contributed by atoms with Gasteiger partial charge in [-0.1, -0.05) is 60.7 Å². The van der Waals surface area contributed by atoms with Gasteiger partial charge in [-0.05, 0) is 29.8 Å². The van der Waals surface area contributed by atoms with E-state index in [9.17, 15) is 19.2 Å². The Labute approximate surface area is 184 Å². The molecule has 3 amide bonds. The molecule has 1 aliphatic rings. The maximum atomic E-state index is 12.6. The van der Waals surface area contributed by atoms with Crippen molar-refractivity contribution in [1.29, 1.82) is 0 Å². The number of ether oxygens (including phenoxy) is 1. The maximum absolute atomic E-state index is 12.6. The first-order valence-electron chi connectivity index (χ1n) is 10.1. The largest absolute Gasteiger partial charge is 0.444 e. The number of imide groups is 1. The molecule has 1 N–H and O–H groups in total. The number of fused-ring (bicyclic) bond motifs is 1. The van der Waals surface area contributed by atoms with Crippen LogP contribution in [0.25, 0.3) is 0 Å². The number of amides is 3. The Morgan fingerprint density at radius 2 is 1.31 bits per heavy atom. The molecule has 0 fully saturated rings. The Kier molecular flexibility index (Phi) is 6.07. The minimum atomic E-state index is -0.649. The van der Waals surface area contributed by atoms with Crippen LogP contribution in [0.2, 0.25) is 0 Å². The molecule has 0 aromatic heterocycles. The first-order chi connectivity index (χ1) is 15.5. The molecule has 3 aromatic carbocycles. The summed E-state index contributed by atoms with van der Waals surface area (Å²) in [5, 5.41) is 2.85. The molecule has 0 radical (unpaired) electrons. The van der Waals surface area contributed by atoms with Crippen LogP contribution in [-0.4, -0.2) is 35.3 Å². The second-order valence-corrected chi connectivity index (χ2v) is 7.24. The topological polar surface area (TPSA) is 92.8 Å². The van der Waals surface area contributed by atoms with E-state index in [1.54, 1.807) is 72.8 Å². The molecule has 7 nitrogen and oxygen atoms in total. The summed E-state index contributed by atoms with van der Waals surface area (Å²) in [5.74, 6) is -1.98. The number of nitrogens with zero attached hydrogens (tertiary/aromatic N) is 1. The molecule has 0 spiro atoms. The first-order valence-corrected chi connectivity index (χ1v) is 10.1. The average molecular weight is 428 g/mol. The molecule has 0 aliphatic carbocycles. The van der Waals surface area contributed by atoms with Crippen molar-refractivity contribution in [3.05, 3.63) is 107 Å². The SMILES string of the molecule is O=C(C[C@H](NC(=O)c1ccccc1)c1ccccc1)OCN1C(=O)c2ccccc2C1=O. The van der Waals surface area contributed by atoms with Gasteiger partial charge in [0.05, 0.1) is 23.6 Å². The number of carbonyl (C=O) groups excluding carboxylic acids is 4. The average Bonchev–Trinajstić information content (AvgIpc) is 3.08. The van der Waals surface area contributed by atoms with Gasteiger partial charge in [0.2, 0.25) is 0 Å². The fourth-order valence-electron chi connectivity index (χ4n) is 3.49. The van der Waals surface area contributed by atoms with E-state index in [-0.39, 0.29) is 23.5 Å². The zero-order valence-corrected chi connectivity index (χ0v) is 17.1. The molecule has 1 atom stereocenters. The second kappa shape index (κ2) is 9.26. The van der Waals surface area contributed by atoms with E-state index in [1.165, 1.54) is 0 Å². The standard InChI is InChI=1S/C25H20N2O5/c28-22(32-16-27-24(30)19-13-7-8-14-20(19)25(27)31)15-21(17-9-3-1-4-10-17)26-23(29)18-11-5-2-6-12-18/h1-14,21H,15-16H2,(H,26,29)/t21-/m0/s1. The molecule has 0 bridgehead atoms. The van der Waals surface area contributed by atoms with Crippen molar-refractivity contribution in [2.75, 3.05) is 6.73 Å². The zero-order valence-electron chi connectivity index (χ0n) is 17.1. The lowest BCUT2D eigenvalue weighted by Crippen LogP contribution is -2.35. The molecule has 32 heavy (non-hydrogen) atoms. The number of carbonyl (C=O) groups is 4. The molecular formula is C25H20N2O5. The number of benzene rings is 3. The quantitative estimate of drug-likeness (QED) is 0.460. The predicted octanol–water partition coefficient (Wildman–Crippen LogP) is 3.34. The Bertz CT molecular complexity index is 1130. The molecule has 0 saturated carbocycles. The summed E-state index contributed by atoms with van der Waals surface area (Å²) in [6, 6.07) is 23.5. The van der Waals surface area contributed by atoms with Crippen molar-refractivity contribution >= 4 is 23.7 Å². The minimum absolute atomic E-state index is 0.161. The Morgan fingerprint density at radius 3 is 1.91 bits per heavy atom. The summed E-state index contributed by atoms with van der Waals surface area (Å²) in [6.07, 6.45) is -0.161. The maximum Gasteiger partial charge on any atom is 0.309 e. The van der Waals surface area contributed by atoms with Crippen molar-refractivity contribution < 1.29 is 23.9 Å². The third kappa shape index (κ3) is 4.41. The molecule has 160 valence electrons. The van der Waals surface area contributed by atoms with Gasteiger partial charge >= 0.3 is 5.97 Å². The van der Waals surface area contributed by atoms with E-state index < -0.39 is 30.6 Å². The van der Waals surface area contributed by atoms with Crippen LogP contribution in [0.4, 0.5) is 0 Å². The van der Waals surface area contributed by atoms with Gasteiger partial charge in [-0.3, -0.25) is 19.2 Å². The third-order valence-electron chi connectivity index (χ3n) is 5.15. The van der Waals surface area contributed by atoms with Gasteiger partial charge in [-0.2, -0.15) is 0 Å². The van der Waals surface area contributed by atoms with Crippen LogP contribution in [-0.2, 0) is 9.53 Å². The fourth-order valence-corrected chi connectivity index (χ4v) is 3.49. The second-order valence-electron chi connectivity index (χ2n) is 7.24. The van der Waals surface area contributed by atoms with Crippen molar-refractivity contribution in [3.63, 3.8) is 0 Å². The van der Waals surface area contributed by atoms with Crippen LogP contribution >= 0.6 is 0 Å². The molecule has 3 aromatic rings. The predicted molar refractivity (Wildman–Crippen MR) is 116 cm³/mol. The Hall–Kier alpha value is -4.26. The van der Waals surface area contributed by atoms with Gasteiger partial charge in [0, 0.05) is 5.56 Å². The van der Waals surface area contributed by atoms with Crippen molar-refractivity contribution in [1.82, 2.24) is 10.2 Å². The molecule has 0 unspecified atom stereocenters. The van der Waals surface area contributed by atoms with E-state index in [0.717, 1.165) is 10.5 Å². The van der Waals surface area contributed by atoms with Crippen molar-refractivity contribution in [3.8, 4) is 0 Å². The van der Waals surface area contributed by atoms with Gasteiger partial charge in [0.25, 0.3) is 17.7 Å². The van der Waals surface area contributed by atoms with Crippen LogP contribution in [0, 0.1) is 0 Å². The van der Waals surface area contributed by atoms with Crippen molar-refractivity contribution in [2.45, 2.75) is 12.5 Å². The lowest BCUT2D eigenvalue weighted by atomic mass is 10.0. The summed E-state index contributed by atoms with van der Waals surface area (Å²) in [7, 11) is 0. The highest BCUT2D eigenvalue weighted by Crippen LogP contribution is 2.23. The number of rotatable bonds is 7. The van der Waals surface area contributed by atoms with Crippen LogP contribution < -0.4 is 5.32 Å². The highest BCUT2D eigenvalue weighted by molar-refractivity contribution is 6.21. The monoisotopic (exact) mass is 428 g/mol. The lowest BCUT2D eigenvalue weighted by molar-refractivity contribution is -0.146. The summed E-state index contributed by atoms with van der Waals surface area (Å²) < 4.78 is 5.23. The molecular weight excluding hydrogens is 408 g/mol. The van der Waals surface area contributed by atoms with Gasteiger partial charge < -0.3 is 10.1 Å². The van der Waals surface area contributed by atoms with E-state index >= 15 is 0 Å². The summed E-state index contributed by atoms with van der Waals surface area (Å²) >= 11 is 0. The highest BCUT2D eigenvalue weighted by atomic mass is 16.5. The molecule has 4 rings (SSSR count). The molecule has 1 aliphatic heterocycles. The minimum Gasteiger partial charge on any atom is -0.444 e. The fraction of sp³-hybridized carbons (Fsp3) is 0.120. The summed E-state index contributed by atoms with van der Waals surface area (Å²) in [5.41, 5.74) is 1.76. The molecule has 1 heterocycles. The van der Waals surface area contributed by atoms with Crippen LogP contribution in [0.1, 0.15) is 49.1 Å². The Morgan fingerprint density at radius 1 is 0.781 bits per heavy atom. The van der Waals surface area contributed by atoms with E-state index in [0.29, 0.717) is 5.56 Å². The van der Waals surface area contributed by atoms with Gasteiger partial charge in [0.15, 0.2) is 6.73 Å². The Balaban J connectivity index is 1.42. The normalized spacial score (nSPS) is 13.4. The number of nitrogens with one attached hydrogen (secondary N) is 1. The first kappa shape index (κ1) is 21.0. The van der Waals surface area contributed by atoms with Crippen LogP contribution in [0.15, 0.2) is 84.9 Å². The summed E-state index contributed by atoms with van der Waals surface area (Å²) in [6.45, 7) is -0.487. The molecule has 0 saturated heterocycles. The van der Waals surface area contributed by atoms with Gasteiger partial charge in [0.1, 0.15) is 0 Å². The van der Waals surface area contributed by atoms with Gasteiger partial charge in [-0.15, -0.1) is 0 Å². The van der Waals surface area contributed by atoms with Gasteiger partial charge in [-0.25, -0.2) is 4.90 Å². The number of esters is 1. The van der Waals surface area contributed by atoms with Crippen molar-refractivity contribution in [2.24, 2.45) is 0 Å². The van der Waals surface area contributed by atoms with Crippen LogP contribution in [0.5, 0.6) is 0 Å². The molecule has 7 heteroatoms. The number of hydrogen-bond acceptors (Lipinski definition) is 5. The smallest absolute Gasteiger partial charge is 0.309 e. The summed E-state index contributed by atoms with van der Waals surface area (Å²) in [4.78, 5) is 50.9. The third-order valence-corrected chi connectivity index (χ3v) is 5.15. The highest BCUT2D eigenvalue weighted by Gasteiger charge is 2.36. The number of hydrogen-bond donors (Lipinski definition) is 1. The van der Waals surface area contributed by atoms with E-state index in [4.69, 9.17) is 4.74 Å². The van der Waals surface area contributed by atoms with Crippen LogP contribution in [0.3, 0.4) is 0 Å². The zero-order chi connectivity index (χ0) is 22.5. The van der Waals surface area contributed by atoms with E-state index in [1.807, 2.05) is 12.1 Å².